The molecule has 2 aromatic carbocycles. The first-order chi connectivity index (χ1) is 18.7. The van der Waals surface area contributed by atoms with Crippen molar-refractivity contribution in [3.8, 4) is 0 Å². The largest absolute Gasteiger partial charge is 0.481 e. The van der Waals surface area contributed by atoms with Crippen molar-refractivity contribution in [2.75, 3.05) is 25.0 Å². The van der Waals surface area contributed by atoms with E-state index in [1.165, 1.54) is 24.3 Å². The third-order valence-corrected chi connectivity index (χ3v) is 9.40. The van der Waals surface area contributed by atoms with Crippen molar-refractivity contribution >= 4 is 17.6 Å². The molecule has 2 heterocycles. The summed E-state index contributed by atoms with van der Waals surface area (Å²) >= 11 is 0. The highest BCUT2D eigenvalue weighted by Crippen LogP contribution is 2.52. The van der Waals surface area contributed by atoms with Gasteiger partial charge in [-0.2, -0.15) is 13.2 Å². The highest BCUT2D eigenvalue weighted by atomic mass is 19.4. The van der Waals surface area contributed by atoms with E-state index in [-0.39, 0.29) is 17.9 Å². The van der Waals surface area contributed by atoms with Gasteiger partial charge in [-0.15, -0.1) is 0 Å². The smallest absolute Gasteiger partial charge is 0.426 e. The topological polar surface area (TPSA) is 60.9 Å². The maximum atomic E-state index is 15.0. The molecule has 3 unspecified atom stereocenters. The zero-order valence-electron chi connectivity index (χ0n) is 22.5. The Morgan fingerprint density at radius 2 is 1.70 bits per heavy atom. The van der Waals surface area contributed by atoms with E-state index in [9.17, 15) is 36.6 Å². The second-order valence-corrected chi connectivity index (χ2v) is 11.8. The van der Waals surface area contributed by atoms with E-state index in [2.05, 4.69) is 0 Å². The summed E-state index contributed by atoms with van der Waals surface area (Å²) in [5.41, 5.74) is -2.87. The van der Waals surface area contributed by atoms with Crippen molar-refractivity contribution in [2.24, 2.45) is 11.8 Å². The SMILES string of the molecule is CN1CC2N(C(=O)[C@H]3CC[C@H](C(=O)O)CC3)CCC2(Cc2cccc(F)c2)c2ccc(C(C)(F)C(F)(F)F)cc21. The summed E-state index contributed by atoms with van der Waals surface area (Å²) in [6, 6.07) is 9.79. The van der Waals surface area contributed by atoms with Gasteiger partial charge < -0.3 is 14.9 Å². The van der Waals surface area contributed by atoms with Crippen LogP contribution in [-0.4, -0.2) is 54.2 Å². The van der Waals surface area contributed by atoms with E-state index in [0.29, 0.717) is 75.4 Å². The molecule has 0 aromatic heterocycles. The summed E-state index contributed by atoms with van der Waals surface area (Å²) in [7, 11) is 1.72. The lowest BCUT2D eigenvalue weighted by atomic mass is 9.66. The number of carboxylic acid groups (broad SMARTS) is 1. The van der Waals surface area contributed by atoms with E-state index in [4.69, 9.17) is 0 Å². The van der Waals surface area contributed by atoms with Gasteiger partial charge in [-0.3, -0.25) is 9.59 Å². The Kier molecular flexibility index (Phi) is 7.11. The lowest BCUT2D eigenvalue weighted by molar-refractivity contribution is -0.228. The minimum absolute atomic E-state index is 0.0446. The summed E-state index contributed by atoms with van der Waals surface area (Å²) in [4.78, 5) is 28.8. The molecule has 216 valence electrons. The van der Waals surface area contributed by atoms with Crippen LogP contribution in [0.2, 0.25) is 0 Å². The molecular weight excluding hydrogens is 531 g/mol. The van der Waals surface area contributed by atoms with Gasteiger partial charge in [-0.05, 0) is 74.8 Å². The molecule has 1 N–H and O–H groups in total. The van der Waals surface area contributed by atoms with E-state index in [0.717, 1.165) is 0 Å². The molecule has 2 fully saturated rings. The highest BCUT2D eigenvalue weighted by molar-refractivity contribution is 5.81. The van der Waals surface area contributed by atoms with Gasteiger partial charge in [0.2, 0.25) is 11.6 Å². The van der Waals surface area contributed by atoms with E-state index in [1.807, 2.05) is 4.90 Å². The third kappa shape index (κ3) is 4.73. The standard InChI is InChI=1S/C30H33F5N2O3/c1-28(32,30(33,34)35)21-10-11-23-24(15-21)36(2)17-25-29(23,16-18-4-3-5-22(31)14-18)12-13-37(25)26(38)19-6-8-20(9-7-19)27(39)40/h3-5,10-11,14-15,19-20,25H,6-9,12-13,16-17H2,1-2H3,(H,39,40)/t19-,20-,25?,28?,29?. The quantitative estimate of drug-likeness (QED) is 0.453. The van der Waals surface area contributed by atoms with Crippen LogP contribution in [0.15, 0.2) is 42.5 Å². The number of hydrogen-bond acceptors (Lipinski definition) is 3. The number of rotatable bonds is 5. The number of fused-ring (bicyclic) bond motifs is 3. The highest BCUT2D eigenvalue weighted by Gasteiger charge is 2.57. The van der Waals surface area contributed by atoms with Crippen LogP contribution in [0.25, 0.3) is 0 Å². The number of alkyl halides is 4. The molecule has 5 nitrogen and oxygen atoms in total. The van der Waals surface area contributed by atoms with Crippen LogP contribution in [0, 0.1) is 17.7 Å². The van der Waals surface area contributed by atoms with Crippen LogP contribution in [0.5, 0.6) is 0 Å². The molecule has 1 saturated carbocycles. The fraction of sp³-hybridized carbons (Fsp3) is 0.533. The lowest BCUT2D eigenvalue weighted by Gasteiger charge is -2.48. The number of hydrogen-bond donors (Lipinski definition) is 1. The monoisotopic (exact) mass is 564 g/mol. The molecule has 0 bridgehead atoms. The van der Waals surface area contributed by atoms with Crippen LogP contribution < -0.4 is 4.90 Å². The Morgan fingerprint density at radius 3 is 2.33 bits per heavy atom. The summed E-state index contributed by atoms with van der Waals surface area (Å²) in [5, 5.41) is 9.35. The molecule has 5 rings (SSSR count). The van der Waals surface area contributed by atoms with E-state index >= 15 is 0 Å². The molecule has 10 heteroatoms. The van der Waals surface area contributed by atoms with E-state index < -0.39 is 40.5 Å². The molecule has 1 amide bonds. The van der Waals surface area contributed by atoms with Gasteiger partial charge in [-0.1, -0.05) is 24.3 Å². The van der Waals surface area contributed by atoms with Gasteiger partial charge in [0.05, 0.1) is 12.0 Å². The zero-order valence-corrected chi connectivity index (χ0v) is 22.5. The number of likely N-dealkylation sites (tertiary alicyclic amines) is 1. The lowest BCUT2D eigenvalue weighted by Crippen LogP contribution is -2.56. The van der Waals surface area contributed by atoms with Gasteiger partial charge in [-0.25, -0.2) is 8.78 Å². The number of anilines is 1. The van der Waals surface area contributed by atoms with Crippen LogP contribution in [0.3, 0.4) is 0 Å². The Labute approximate surface area is 230 Å². The Hall–Kier alpha value is -3.17. The number of halogens is 5. The van der Waals surface area contributed by atoms with Gasteiger partial charge in [0.15, 0.2) is 0 Å². The average molecular weight is 565 g/mol. The molecule has 40 heavy (non-hydrogen) atoms. The van der Waals surface area contributed by atoms with Crippen molar-refractivity contribution in [1.29, 1.82) is 0 Å². The summed E-state index contributed by atoms with van der Waals surface area (Å²) < 4.78 is 69.8. The molecule has 2 aromatic rings. The number of likely N-dealkylation sites (N-methyl/N-ethyl adjacent to an activating group) is 1. The summed E-state index contributed by atoms with van der Waals surface area (Å²) in [6.07, 6.45) is -2.38. The van der Waals surface area contributed by atoms with Crippen molar-refractivity contribution in [1.82, 2.24) is 4.90 Å². The van der Waals surface area contributed by atoms with Crippen molar-refractivity contribution in [3.05, 3.63) is 65.0 Å². The van der Waals surface area contributed by atoms with Crippen LogP contribution in [0.4, 0.5) is 27.6 Å². The first-order valence-corrected chi connectivity index (χ1v) is 13.6. The number of aliphatic carboxylic acids is 1. The first-order valence-electron chi connectivity index (χ1n) is 13.6. The molecule has 1 aliphatic carbocycles. The molecule has 3 aliphatic rings. The maximum absolute atomic E-state index is 15.0. The number of carbonyl (C=O) groups is 2. The average Bonchev–Trinajstić information content (AvgIpc) is 3.26. The normalized spacial score (nSPS) is 28.0. The van der Waals surface area contributed by atoms with Crippen molar-refractivity contribution < 1.29 is 36.6 Å². The molecule has 0 radical (unpaired) electrons. The Morgan fingerprint density at radius 1 is 1.02 bits per heavy atom. The number of benzene rings is 2. The molecule has 1 saturated heterocycles. The number of nitrogens with zero attached hydrogens (tertiary/aromatic N) is 2. The van der Waals surface area contributed by atoms with Gasteiger partial charge in [0, 0.05) is 42.7 Å². The predicted octanol–water partition coefficient (Wildman–Crippen LogP) is 5.99. The van der Waals surface area contributed by atoms with E-state index in [1.54, 1.807) is 30.1 Å². The Balaban J connectivity index is 1.54. The number of amides is 1. The molecule has 2 aliphatic heterocycles. The van der Waals surface area contributed by atoms with Crippen LogP contribution >= 0.6 is 0 Å². The summed E-state index contributed by atoms with van der Waals surface area (Å²) in [5.74, 6) is -2.05. The molecular formula is C30H33F5N2O3. The van der Waals surface area contributed by atoms with Crippen LogP contribution in [0.1, 0.15) is 55.7 Å². The molecule has 3 atom stereocenters. The van der Waals surface area contributed by atoms with Gasteiger partial charge in [0.1, 0.15) is 5.82 Å². The maximum Gasteiger partial charge on any atom is 0.426 e. The second-order valence-electron chi connectivity index (χ2n) is 11.8. The second kappa shape index (κ2) is 10.0. The predicted molar refractivity (Wildman–Crippen MR) is 139 cm³/mol. The minimum Gasteiger partial charge on any atom is -0.481 e. The number of carbonyl (C=O) groups excluding carboxylic acids is 1. The van der Waals surface area contributed by atoms with Crippen molar-refractivity contribution in [3.63, 3.8) is 0 Å². The fourth-order valence-corrected chi connectivity index (χ4v) is 7.01. The Bertz CT molecular complexity index is 1300. The van der Waals surface area contributed by atoms with Gasteiger partial charge >= 0.3 is 12.1 Å². The fourth-order valence-electron chi connectivity index (χ4n) is 7.01. The molecule has 0 spiro atoms. The number of carboxylic acids is 1. The van der Waals surface area contributed by atoms with Crippen LogP contribution in [-0.2, 0) is 27.1 Å². The minimum atomic E-state index is -5.09. The summed E-state index contributed by atoms with van der Waals surface area (Å²) in [6.45, 7) is 1.24. The van der Waals surface area contributed by atoms with Crippen molar-refractivity contribution in [2.45, 2.75) is 68.8 Å². The zero-order chi connectivity index (χ0) is 29.0. The third-order valence-electron chi connectivity index (χ3n) is 9.40. The first kappa shape index (κ1) is 28.4. The van der Waals surface area contributed by atoms with Gasteiger partial charge in [0.25, 0.3) is 0 Å².